The van der Waals surface area contributed by atoms with Crippen molar-refractivity contribution in [2.45, 2.75) is 129 Å². The summed E-state index contributed by atoms with van der Waals surface area (Å²) in [6.07, 6.45) is 6.29. The van der Waals surface area contributed by atoms with Crippen molar-refractivity contribution < 1.29 is 38.3 Å². The number of fused-ring (bicyclic) bond motifs is 3. The molecule has 3 saturated heterocycles. The van der Waals surface area contributed by atoms with E-state index in [9.17, 15) is 33.6 Å². The average Bonchev–Trinajstić information content (AvgIpc) is 3.89. The molecule has 0 radical (unpaired) electrons. The quantitative estimate of drug-likeness (QED) is 0.167. The molecule has 5 rings (SSSR count). The fourth-order valence-corrected chi connectivity index (χ4v) is 7.92. The van der Waals surface area contributed by atoms with Crippen molar-refractivity contribution in [2.75, 3.05) is 26.3 Å². The zero-order valence-corrected chi connectivity index (χ0v) is 30.8. The van der Waals surface area contributed by atoms with Crippen LogP contribution in [0.15, 0.2) is 12.2 Å². The molecule has 0 spiro atoms. The van der Waals surface area contributed by atoms with E-state index in [0.717, 1.165) is 43.4 Å². The lowest BCUT2D eigenvalue weighted by molar-refractivity contribution is -0.152. The number of amides is 7. The van der Waals surface area contributed by atoms with E-state index < -0.39 is 59.1 Å². The van der Waals surface area contributed by atoms with Crippen molar-refractivity contribution in [2.24, 2.45) is 22.7 Å². The lowest BCUT2D eigenvalue weighted by atomic mass is 9.81. The summed E-state index contributed by atoms with van der Waals surface area (Å²) in [5.74, 6) is -3.12. The van der Waals surface area contributed by atoms with Gasteiger partial charge in [0.15, 0.2) is 0 Å². The molecule has 6 atom stereocenters. The van der Waals surface area contributed by atoms with Gasteiger partial charge in [-0.1, -0.05) is 65.5 Å². The molecule has 282 valence electrons. The molecule has 51 heavy (non-hydrogen) atoms. The van der Waals surface area contributed by atoms with E-state index in [-0.39, 0.29) is 61.1 Å². The van der Waals surface area contributed by atoms with E-state index in [0.29, 0.717) is 31.6 Å². The van der Waals surface area contributed by atoms with Gasteiger partial charge in [-0.15, -0.1) is 0 Å². The smallest absolute Gasteiger partial charge is 0.316 e. The van der Waals surface area contributed by atoms with E-state index in [4.69, 9.17) is 4.74 Å². The summed E-state index contributed by atoms with van der Waals surface area (Å²) in [6.45, 7) is 13.9. The van der Waals surface area contributed by atoms with Crippen LogP contribution in [0.5, 0.6) is 0 Å². The number of ether oxygens (including phenoxy) is 1. The molecular formula is C37H56N6O8. The van der Waals surface area contributed by atoms with Crippen LogP contribution >= 0.6 is 0 Å². The van der Waals surface area contributed by atoms with Gasteiger partial charge in [0.05, 0.1) is 25.2 Å². The number of hydrogen-bond acceptors (Lipinski definition) is 8. The summed E-state index contributed by atoms with van der Waals surface area (Å²) in [5, 5.41) is 11.1. The Hall–Kier alpha value is -3.81. The first-order valence-electron chi connectivity index (χ1n) is 18.6. The molecule has 2 aliphatic carbocycles. The number of urea groups is 1. The summed E-state index contributed by atoms with van der Waals surface area (Å²) >= 11 is 0. The van der Waals surface area contributed by atoms with Crippen LogP contribution in [0.3, 0.4) is 0 Å². The number of nitrogens with one attached hydrogen (secondary N) is 4. The van der Waals surface area contributed by atoms with Crippen molar-refractivity contribution in [3.8, 4) is 0 Å². The minimum Gasteiger partial charge on any atom is -0.379 e. The molecule has 5 fully saturated rings. The second-order valence-corrected chi connectivity index (χ2v) is 16.7. The van der Waals surface area contributed by atoms with Crippen molar-refractivity contribution in [1.82, 2.24) is 31.1 Å². The highest BCUT2D eigenvalue weighted by Gasteiger charge is 2.69. The fraction of sp³-hybridized carbons (Fsp3) is 0.757. The maximum Gasteiger partial charge on any atom is 0.316 e. The minimum absolute atomic E-state index is 0.00370. The lowest BCUT2D eigenvalue weighted by Gasteiger charge is -2.37. The molecule has 0 aromatic heterocycles. The zero-order valence-electron chi connectivity index (χ0n) is 30.8. The van der Waals surface area contributed by atoms with Gasteiger partial charge in [0.25, 0.3) is 5.91 Å². The Bertz CT molecular complexity index is 1420. The number of carbonyl (C=O) groups excluding carboxylic acids is 7. The van der Waals surface area contributed by atoms with Gasteiger partial charge in [-0.3, -0.25) is 33.7 Å². The van der Waals surface area contributed by atoms with E-state index in [1.807, 2.05) is 27.7 Å². The van der Waals surface area contributed by atoms with Gasteiger partial charge in [-0.25, -0.2) is 4.79 Å². The third kappa shape index (κ3) is 9.17. The first kappa shape index (κ1) is 38.4. The van der Waals surface area contributed by atoms with E-state index >= 15 is 0 Å². The Morgan fingerprint density at radius 3 is 2.24 bits per heavy atom. The van der Waals surface area contributed by atoms with Crippen LogP contribution in [-0.2, 0) is 33.5 Å². The first-order chi connectivity index (χ1) is 24.0. The first-order valence-corrected chi connectivity index (χ1v) is 18.6. The Morgan fingerprint density at radius 2 is 1.59 bits per heavy atom. The molecule has 7 amide bonds. The number of hydrogen-bond donors (Lipinski definition) is 4. The normalized spacial score (nSPS) is 30.3. The number of likely N-dealkylation sites (tertiary alicyclic amines) is 1. The van der Waals surface area contributed by atoms with Crippen LogP contribution < -0.4 is 21.3 Å². The van der Waals surface area contributed by atoms with Crippen LogP contribution in [0.4, 0.5) is 4.79 Å². The molecule has 3 heterocycles. The predicted molar refractivity (Wildman–Crippen MR) is 187 cm³/mol. The van der Waals surface area contributed by atoms with Crippen LogP contribution in [0, 0.1) is 22.7 Å². The van der Waals surface area contributed by atoms with Crippen LogP contribution in [0.2, 0.25) is 0 Å². The van der Waals surface area contributed by atoms with Gasteiger partial charge < -0.3 is 30.9 Å². The second kappa shape index (κ2) is 15.4. The third-order valence-corrected chi connectivity index (χ3v) is 11.3. The van der Waals surface area contributed by atoms with Crippen molar-refractivity contribution in [3.05, 3.63) is 12.2 Å². The Labute approximate surface area is 300 Å². The maximum absolute atomic E-state index is 14.3. The molecule has 14 nitrogen and oxygen atoms in total. The summed E-state index contributed by atoms with van der Waals surface area (Å²) in [7, 11) is 0. The highest BCUT2D eigenvalue weighted by Crippen LogP contribution is 2.65. The number of piperidine rings is 2. The van der Waals surface area contributed by atoms with Crippen LogP contribution in [0.25, 0.3) is 0 Å². The molecular weight excluding hydrogens is 656 g/mol. The minimum atomic E-state index is -1.15. The highest BCUT2D eigenvalue weighted by atomic mass is 16.5. The summed E-state index contributed by atoms with van der Waals surface area (Å²) < 4.78 is 5.91. The van der Waals surface area contributed by atoms with Crippen LogP contribution in [-0.4, -0.2) is 108 Å². The largest absolute Gasteiger partial charge is 0.379 e. The molecule has 4 N–H and O–H groups in total. The molecule has 3 aliphatic heterocycles. The number of ketones is 1. The maximum atomic E-state index is 14.3. The monoisotopic (exact) mass is 712 g/mol. The molecule has 0 aromatic carbocycles. The molecule has 0 bridgehead atoms. The fourth-order valence-electron chi connectivity index (χ4n) is 7.92. The number of imide groups is 1. The summed E-state index contributed by atoms with van der Waals surface area (Å²) in [5.41, 5.74) is -0.142. The summed E-state index contributed by atoms with van der Waals surface area (Å²) in [6, 6.07) is -4.55. The van der Waals surface area contributed by atoms with Gasteiger partial charge in [-0.2, -0.15) is 0 Å². The van der Waals surface area contributed by atoms with Gasteiger partial charge >= 0.3 is 6.03 Å². The standard InChI is InChI=1S/C37H56N6O8/c1-21(2)25(19-42-27(44)16-36(3,4)17-28(42)45)40-35(50)41-26-20-51-15-11-9-7-8-10-12-24(31(46)33(48)38-22-13-14-22)39-32(47)30-29-23(37(29,5)6)18-43(30)34(26)49/h22-26,29-30H,1,7-20H2,2-6H3,(H,38,48)(H,39,47)(H2,40,41,50)/t23-,24-,25+,26-,29-,30-/m0/s1. The Kier molecular flexibility index (Phi) is 11.6. The SMILES string of the molecule is C=C(C)[C@@H](CN1C(=O)CC(C)(C)CC1=O)NC(=O)N[C@H]1COCCCCCCC[C@@H](C(=O)C(=O)NC2CC2)NC(=O)[C@@H]2[C@@H]3[C@H](CN2C1=O)C3(C)C. The molecule has 14 heteroatoms. The Balaban J connectivity index is 1.32. The van der Waals surface area contributed by atoms with Gasteiger partial charge in [0.1, 0.15) is 12.1 Å². The number of carbonyl (C=O) groups is 7. The topological polar surface area (TPSA) is 183 Å². The number of rotatable bonds is 8. The van der Waals surface area contributed by atoms with Crippen molar-refractivity contribution >= 4 is 41.4 Å². The van der Waals surface area contributed by atoms with Gasteiger partial charge in [0, 0.05) is 32.0 Å². The van der Waals surface area contributed by atoms with Gasteiger partial charge in [0.2, 0.25) is 29.4 Å². The lowest BCUT2D eigenvalue weighted by Crippen LogP contribution is -2.60. The van der Waals surface area contributed by atoms with Crippen molar-refractivity contribution in [1.29, 1.82) is 0 Å². The van der Waals surface area contributed by atoms with E-state index in [2.05, 4.69) is 27.8 Å². The molecule has 5 aliphatic rings. The van der Waals surface area contributed by atoms with E-state index in [1.54, 1.807) is 6.92 Å². The van der Waals surface area contributed by atoms with Crippen molar-refractivity contribution in [3.63, 3.8) is 0 Å². The number of Topliss-reactive ketones (excluding diaryl/α,β-unsaturated/α-hetero) is 1. The highest BCUT2D eigenvalue weighted by molar-refractivity contribution is 6.38. The van der Waals surface area contributed by atoms with E-state index in [1.165, 1.54) is 4.90 Å². The van der Waals surface area contributed by atoms with Gasteiger partial charge in [-0.05, 0) is 55.3 Å². The van der Waals surface area contributed by atoms with Crippen LogP contribution in [0.1, 0.15) is 98.8 Å². The molecule has 0 aromatic rings. The Morgan fingerprint density at radius 1 is 0.941 bits per heavy atom. The summed E-state index contributed by atoms with van der Waals surface area (Å²) in [4.78, 5) is 96.3. The zero-order chi connectivity index (χ0) is 37.2. The molecule has 2 saturated carbocycles. The molecule has 0 unspecified atom stereocenters. The predicted octanol–water partition coefficient (Wildman–Crippen LogP) is 1.96. The third-order valence-electron chi connectivity index (χ3n) is 11.3. The average molecular weight is 713 g/mol. The number of nitrogens with zero attached hydrogens (tertiary/aromatic N) is 2. The second-order valence-electron chi connectivity index (χ2n) is 16.7.